The number of nitrogens with zero attached hydrogens (tertiary/aromatic N) is 4. The van der Waals surface area contributed by atoms with Crippen LogP contribution in [0.5, 0.6) is 28.7 Å². The quantitative estimate of drug-likeness (QED) is 0.125. The molecule has 0 amide bonds. The van der Waals surface area contributed by atoms with Crippen molar-refractivity contribution in [3.05, 3.63) is 101 Å². The summed E-state index contributed by atoms with van der Waals surface area (Å²) in [5.74, 6) is 3.97. The Labute approximate surface area is 269 Å². The maximum Gasteiger partial charge on any atom is 0.169 e. The Balaban J connectivity index is 0.000000246. The Morgan fingerprint density at radius 3 is 1.44 bits per heavy atom. The molecular weight excluding hydrogens is 560 g/mol. The zero-order valence-corrected chi connectivity index (χ0v) is 28.5. The minimum absolute atomic E-state index is 0.671. The van der Waals surface area contributed by atoms with Gasteiger partial charge in [0.2, 0.25) is 0 Å². The highest BCUT2D eigenvalue weighted by molar-refractivity contribution is 5.66. The third-order valence-electron chi connectivity index (χ3n) is 7.39. The smallest absolute Gasteiger partial charge is 0.169 e. The van der Waals surface area contributed by atoms with Gasteiger partial charge in [0.1, 0.15) is 17.2 Å². The van der Waals surface area contributed by atoms with Crippen LogP contribution in [0.15, 0.2) is 82.8 Å². The van der Waals surface area contributed by atoms with Crippen molar-refractivity contribution >= 4 is 24.1 Å². The average Bonchev–Trinajstić information content (AvgIpc) is 3.03. The molecule has 0 heterocycles. The van der Waals surface area contributed by atoms with Gasteiger partial charge in [-0.1, -0.05) is 36.4 Å². The normalized spacial score (nSPS) is 10.9. The van der Waals surface area contributed by atoms with Gasteiger partial charge in [-0.15, -0.1) is 0 Å². The lowest BCUT2D eigenvalue weighted by molar-refractivity contribution is 0.378. The van der Waals surface area contributed by atoms with Gasteiger partial charge < -0.3 is 24.0 Å². The summed E-state index contributed by atoms with van der Waals surface area (Å²) in [4.78, 5) is 13.1. The molecule has 4 aromatic rings. The standard InChI is InChI=1S/C19H24N2O2.C19H24N2O/c1-6-21(4)13-20-16-12-18(22-5)19(11-15(16)3)23-17-10-8-7-9-14(17)2;1-6-21(5)13-20-17-11-16(4)19(12-15(17)3)22-18-10-8-7-9-14(18)2/h7-13H,6H2,1-5H3;7-13H,6H2,1-5H3. The number of para-hydroxylation sites is 2. The fraction of sp³-hybridized carbons (Fsp3) is 0.316. The average molecular weight is 609 g/mol. The van der Waals surface area contributed by atoms with Gasteiger partial charge in [0.15, 0.2) is 11.5 Å². The molecule has 0 unspecified atom stereocenters. The summed E-state index contributed by atoms with van der Waals surface area (Å²) in [6.45, 7) is 16.2. The number of hydrogen-bond donors (Lipinski definition) is 0. The molecule has 7 nitrogen and oxygen atoms in total. The molecule has 0 radical (unpaired) electrons. The molecule has 238 valence electrons. The predicted octanol–water partition coefficient (Wildman–Crippen LogP) is 9.73. The number of ether oxygens (including phenoxy) is 3. The fourth-order valence-corrected chi connectivity index (χ4v) is 4.12. The van der Waals surface area contributed by atoms with E-state index in [0.717, 1.165) is 69.5 Å². The summed E-state index contributed by atoms with van der Waals surface area (Å²) in [5.41, 5.74) is 7.30. The predicted molar refractivity (Wildman–Crippen MR) is 189 cm³/mol. The van der Waals surface area contributed by atoms with Gasteiger partial charge in [-0.3, -0.25) is 0 Å². The van der Waals surface area contributed by atoms with E-state index >= 15 is 0 Å². The van der Waals surface area contributed by atoms with Gasteiger partial charge in [0.05, 0.1) is 31.2 Å². The number of aliphatic imine (C=N–C) groups is 2. The summed E-state index contributed by atoms with van der Waals surface area (Å²) in [6.07, 6.45) is 3.69. The topological polar surface area (TPSA) is 58.9 Å². The SMILES string of the molecule is CCN(C)C=Nc1cc(C)c(Oc2ccccc2C)cc1C.CCN(C)C=Nc1cc(OC)c(Oc2ccccc2C)cc1C. The minimum atomic E-state index is 0.671. The summed E-state index contributed by atoms with van der Waals surface area (Å²) < 4.78 is 17.6. The van der Waals surface area contributed by atoms with Crippen molar-refractivity contribution in [2.45, 2.75) is 48.5 Å². The lowest BCUT2D eigenvalue weighted by Gasteiger charge is -2.14. The van der Waals surface area contributed by atoms with Crippen molar-refractivity contribution in [1.82, 2.24) is 9.80 Å². The van der Waals surface area contributed by atoms with Crippen molar-refractivity contribution in [1.29, 1.82) is 0 Å². The molecule has 4 rings (SSSR count). The van der Waals surface area contributed by atoms with E-state index in [1.165, 1.54) is 0 Å². The molecule has 7 heteroatoms. The van der Waals surface area contributed by atoms with Crippen LogP contribution in [-0.4, -0.2) is 56.8 Å². The van der Waals surface area contributed by atoms with E-state index in [2.05, 4.69) is 62.8 Å². The maximum absolute atomic E-state index is 6.06. The molecule has 0 atom stereocenters. The van der Waals surface area contributed by atoms with E-state index in [9.17, 15) is 0 Å². The Bertz CT molecular complexity index is 1610. The van der Waals surface area contributed by atoms with Crippen LogP contribution in [0.3, 0.4) is 0 Å². The van der Waals surface area contributed by atoms with E-state index in [-0.39, 0.29) is 0 Å². The molecule has 45 heavy (non-hydrogen) atoms. The Morgan fingerprint density at radius 2 is 0.978 bits per heavy atom. The lowest BCUT2D eigenvalue weighted by Crippen LogP contribution is -2.14. The molecule has 4 aromatic carbocycles. The van der Waals surface area contributed by atoms with Crippen LogP contribution in [0.4, 0.5) is 11.4 Å². The third-order valence-corrected chi connectivity index (χ3v) is 7.39. The van der Waals surface area contributed by atoms with Gasteiger partial charge in [-0.25, -0.2) is 9.98 Å². The van der Waals surface area contributed by atoms with Crippen molar-refractivity contribution in [3.8, 4) is 28.7 Å². The molecule has 0 fully saturated rings. The van der Waals surface area contributed by atoms with E-state index < -0.39 is 0 Å². The zero-order chi connectivity index (χ0) is 32.9. The second-order valence-electron chi connectivity index (χ2n) is 11.1. The minimum Gasteiger partial charge on any atom is -0.493 e. The number of hydrogen-bond acceptors (Lipinski definition) is 5. The Hall–Kier alpha value is -4.78. The second kappa shape index (κ2) is 16.9. The molecule has 0 aliphatic rings. The third kappa shape index (κ3) is 10.1. The molecule has 0 N–H and O–H groups in total. The lowest BCUT2D eigenvalue weighted by atomic mass is 10.1. The molecule has 0 aliphatic heterocycles. The highest BCUT2D eigenvalue weighted by Crippen LogP contribution is 2.38. The first-order chi connectivity index (χ1) is 21.6. The number of benzene rings is 4. The van der Waals surface area contributed by atoms with Gasteiger partial charge >= 0.3 is 0 Å². The highest BCUT2D eigenvalue weighted by Gasteiger charge is 2.11. The van der Waals surface area contributed by atoms with Crippen LogP contribution in [-0.2, 0) is 0 Å². The van der Waals surface area contributed by atoms with Gasteiger partial charge in [0.25, 0.3) is 0 Å². The summed E-state index contributed by atoms with van der Waals surface area (Å²) in [6, 6.07) is 24.0. The highest BCUT2D eigenvalue weighted by atomic mass is 16.5. The van der Waals surface area contributed by atoms with Crippen molar-refractivity contribution in [2.75, 3.05) is 34.3 Å². The molecule has 0 bridgehead atoms. The Morgan fingerprint density at radius 1 is 0.533 bits per heavy atom. The van der Waals surface area contributed by atoms with E-state index in [4.69, 9.17) is 14.2 Å². The Kier molecular flexibility index (Phi) is 13.0. The number of rotatable bonds is 11. The van der Waals surface area contributed by atoms with Crippen LogP contribution in [0.25, 0.3) is 0 Å². The zero-order valence-electron chi connectivity index (χ0n) is 28.5. The van der Waals surface area contributed by atoms with E-state index in [0.29, 0.717) is 11.5 Å². The molecule has 0 saturated heterocycles. The molecule has 0 aromatic heterocycles. The van der Waals surface area contributed by atoms with Crippen LogP contribution in [0.1, 0.15) is 41.7 Å². The monoisotopic (exact) mass is 608 g/mol. The van der Waals surface area contributed by atoms with E-state index in [1.54, 1.807) is 7.11 Å². The second-order valence-corrected chi connectivity index (χ2v) is 11.1. The van der Waals surface area contributed by atoms with Gasteiger partial charge in [0, 0.05) is 33.3 Å². The summed E-state index contributed by atoms with van der Waals surface area (Å²) >= 11 is 0. The van der Waals surface area contributed by atoms with Crippen molar-refractivity contribution in [3.63, 3.8) is 0 Å². The largest absolute Gasteiger partial charge is 0.493 e. The maximum atomic E-state index is 6.06. The first kappa shape index (κ1) is 34.7. The molecule has 0 saturated carbocycles. The number of methoxy groups -OCH3 is 1. The van der Waals surface area contributed by atoms with Crippen LogP contribution in [0.2, 0.25) is 0 Å². The van der Waals surface area contributed by atoms with Crippen molar-refractivity contribution < 1.29 is 14.2 Å². The first-order valence-electron chi connectivity index (χ1n) is 15.3. The summed E-state index contributed by atoms with van der Waals surface area (Å²) in [5, 5.41) is 0. The van der Waals surface area contributed by atoms with E-state index in [1.807, 2.05) is 105 Å². The van der Waals surface area contributed by atoms with Gasteiger partial charge in [-0.2, -0.15) is 0 Å². The van der Waals surface area contributed by atoms with Gasteiger partial charge in [-0.05, 0) is 107 Å². The van der Waals surface area contributed by atoms with Crippen LogP contribution >= 0.6 is 0 Å². The van der Waals surface area contributed by atoms with Crippen LogP contribution < -0.4 is 14.2 Å². The van der Waals surface area contributed by atoms with Crippen molar-refractivity contribution in [2.24, 2.45) is 9.98 Å². The molecule has 0 aliphatic carbocycles. The first-order valence-corrected chi connectivity index (χ1v) is 15.3. The van der Waals surface area contributed by atoms with Crippen LogP contribution in [0, 0.1) is 34.6 Å². The summed E-state index contributed by atoms with van der Waals surface area (Å²) in [7, 11) is 5.65. The fourth-order valence-electron chi connectivity index (χ4n) is 4.12. The number of aryl methyl sites for hydroxylation is 5. The molecule has 0 spiro atoms. The molecular formula is C38H48N4O3.